The summed E-state index contributed by atoms with van der Waals surface area (Å²) in [5.41, 5.74) is 1.78. The zero-order valence-corrected chi connectivity index (χ0v) is 12.5. The predicted octanol–water partition coefficient (Wildman–Crippen LogP) is 0.917. The molecule has 0 saturated carbocycles. The van der Waals surface area contributed by atoms with Gasteiger partial charge in [-0.25, -0.2) is 13.1 Å². The molecule has 0 saturated heterocycles. The van der Waals surface area contributed by atoms with Gasteiger partial charge in [-0.3, -0.25) is 5.10 Å². The van der Waals surface area contributed by atoms with Crippen LogP contribution in [0.25, 0.3) is 0 Å². The maximum absolute atomic E-state index is 11.8. The summed E-state index contributed by atoms with van der Waals surface area (Å²) in [6.07, 6.45) is 4.30. The van der Waals surface area contributed by atoms with Crippen LogP contribution in [0.2, 0.25) is 0 Å². The van der Waals surface area contributed by atoms with Crippen LogP contribution in [0.1, 0.15) is 37.4 Å². The van der Waals surface area contributed by atoms with Crippen molar-refractivity contribution >= 4 is 10.0 Å². The lowest BCUT2D eigenvalue weighted by Crippen LogP contribution is -2.26. The van der Waals surface area contributed by atoms with Crippen molar-refractivity contribution in [1.29, 1.82) is 0 Å². The molecule has 1 aromatic heterocycles. The Balaban J connectivity index is 2.19. The fourth-order valence-corrected chi connectivity index (χ4v) is 2.76. The van der Waals surface area contributed by atoms with Crippen LogP contribution in [0, 0.1) is 6.92 Å². The van der Waals surface area contributed by atoms with E-state index in [1.807, 2.05) is 6.92 Å². The first-order chi connectivity index (χ1) is 9.05. The summed E-state index contributed by atoms with van der Waals surface area (Å²) in [4.78, 5) is 0. The number of aromatic nitrogens is 2. The SMILES string of the molecule is CCCNCCCCS(=O)(=O)NCc1cn[nH]c1C. The molecule has 1 heterocycles. The Labute approximate surface area is 115 Å². The maximum atomic E-state index is 11.8. The van der Waals surface area contributed by atoms with Gasteiger partial charge in [0.05, 0.1) is 11.9 Å². The Morgan fingerprint density at radius 3 is 2.74 bits per heavy atom. The van der Waals surface area contributed by atoms with Crippen molar-refractivity contribution in [3.8, 4) is 0 Å². The number of nitrogens with zero attached hydrogens (tertiary/aromatic N) is 1. The van der Waals surface area contributed by atoms with Gasteiger partial charge in [0.1, 0.15) is 0 Å². The minimum atomic E-state index is -3.19. The average molecular weight is 288 g/mol. The van der Waals surface area contributed by atoms with Gasteiger partial charge in [0.15, 0.2) is 0 Å². The number of aromatic amines is 1. The highest BCUT2D eigenvalue weighted by atomic mass is 32.2. The molecule has 0 radical (unpaired) electrons. The van der Waals surface area contributed by atoms with E-state index in [4.69, 9.17) is 0 Å². The first-order valence-corrected chi connectivity index (χ1v) is 8.37. The minimum Gasteiger partial charge on any atom is -0.317 e. The maximum Gasteiger partial charge on any atom is 0.211 e. The van der Waals surface area contributed by atoms with Gasteiger partial charge in [-0.15, -0.1) is 0 Å². The van der Waals surface area contributed by atoms with E-state index >= 15 is 0 Å². The fourth-order valence-electron chi connectivity index (χ4n) is 1.66. The van der Waals surface area contributed by atoms with Crippen LogP contribution in [0.15, 0.2) is 6.20 Å². The number of aryl methyl sites for hydroxylation is 1. The van der Waals surface area contributed by atoms with Crippen molar-refractivity contribution in [3.63, 3.8) is 0 Å². The molecule has 0 amide bonds. The fraction of sp³-hybridized carbons (Fsp3) is 0.750. The molecule has 0 aliphatic heterocycles. The first kappa shape index (κ1) is 16.1. The van der Waals surface area contributed by atoms with Crippen molar-refractivity contribution in [1.82, 2.24) is 20.2 Å². The summed E-state index contributed by atoms with van der Waals surface area (Å²) in [5.74, 6) is 0.178. The average Bonchev–Trinajstić information content (AvgIpc) is 2.77. The van der Waals surface area contributed by atoms with Crippen LogP contribution < -0.4 is 10.0 Å². The van der Waals surface area contributed by atoms with E-state index in [2.05, 4.69) is 27.2 Å². The molecule has 6 nitrogen and oxygen atoms in total. The predicted molar refractivity (Wildman–Crippen MR) is 76.3 cm³/mol. The van der Waals surface area contributed by atoms with Crippen molar-refractivity contribution in [3.05, 3.63) is 17.5 Å². The van der Waals surface area contributed by atoms with Crippen LogP contribution in [0.4, 0.5) is 0 Å². The summed E-state index contributed by atoms with van der Waals surface area (Å²) in [7, 11) is -3.19. The van der Waals surface area contributed by atoms with Crippen molar-refractivity contribution in [2.24, 2.45) is 0 Å². The summed E-state index contributed by atoms with van der Waals surface area (Å²) in [6.45, 7) is 6.16. The topological polar surface area (TPSA) is 86.9 Å². The summed E-state index contributed by atoms with van der Waals surface area (Å²) in [6, 6.07) is 0. The van der Waals surface area contributed by atoms with Gasteiger partial charge < -0.3 is 5.32 Å². The van der Waals surface area contributed by atoms with E-state index in [9.17, 15) is 8.42 Å². The second kappa shape index (κ2) is 8.29. The molecule has 7 heteroatoms. The molecular formula is C12H24N4O2S. The zero-order valence-electron chi connectivity index (χ0n) is 11.7. The number of hydrogen-bond acceptors (Lipinski definition) is 4. The third-order valence-electron chi connectivity index (χ3n) is 2.86. The molecule has 19 heavy (non-hydrogen) atoms. The van der Waals surface area contributed by atoms with E-state index in [1.54, 1.807) is 6.20 Å². The summed E-state index contributed by atoms with van der Waals surface area (Å²) < 4.78 is 26.1. The van der Waals surface area contributed by atoms with Crippen LogP contribution in [-0.4, -0.2) is 37.5 Å². The van der Waals surface area contributed by atoms with Gasteiger partial charge in [0, 0.05) is 17.8 Å². The Hall–Kier alpha value is -0.920. The number of unbranched alkanes of at least 4 members (excludes halogenated alkanes) is 1. The Kier molecular flexibility index (Phi) is 7.04. The Morgan fingerprint density at radius 2 is 2.11 bits per heavy atom. The van der Waals surface area contributed by atoms with Gasteiger partial charge in [0.2, 0.25) is 10.0 Å². The highest BCUT2D eigenvalue weighted by molar-refractivity contribution is 7.89. The molecule has 0 atom stereocenters. The highest BCUT2D eigenvalue weighted by Crippen LogP contribution is 2.03. The molecule has 0 bridgehead atoms. The quantitative estimate of drug-likeness (QED) is 0.559. The molecule has 0 fully saturated rings. The highest BCUT2D eigenvalue weighted by Gasteiger charge is 2.10. The van der Waals surface area contributed by atoms with Gasteiger partial charge in [0.25, 0.3) is 0 Å². The first-order valence-electron chi connectivity index (χ1n) is 6.72. The number of nitrogens with one attached hydrogen (secondary N) is 3. The Morgan fingerprint density at radius 1 is 1.32 bits per heavy atom. The van der Waals surface area contributed by atoms with E-state index in [0.29, 0.717) is 13.0 Å². The second-order valence-electron chi connectivity index (χ2n) is 4.62. The van der Waals surface area contributed by atoms with Gasteiger partial charge in [-0.1, -0.05) is 6.92 Å². The molecule has 1 rings (SSSR count). The smallest absolute Gasteiger partial charge is 0.211 e. The van der Waals surface area contributed by atoms with Crippen LogP contribution in [-0.2, 0) is 16.6 Å². The minimum absolute atomic E-state index is 0.178. The van der Waals surface area contributed by atoms with Crippen LogP contribution >= 0.6 is 0 Å². The van der Waals surface area contributed by atoms with Crippen molar-refractivity contribution < 1.29 is 8.42 Å². The molecule has 0 aliphatic carbocycles. The molecule has 110 valence electrons. The van der Waals surface area contributed by atoms with Gasteiger partial charge in [-0.2, -0.15) is 5.10 Å². The number of hydrogen-bond donors (Lipinski definition) is 3. The zero-order chi connectivity index (χ0) is 14.1. The standard InChI is InChI=1S/C12H24N4O2S/c1-3-6-13-7-4-5-8-19(17,18)15-10-12-9-14-16-11(12)2/h9,13,15H,3-8,10H2,1-2H3,(H,14,16). The molecule has 0 aromatic carbocycles. The molecule has 0 aliphatic rings. The summed E-state index contributed by atoms with van der Waals surface area (Å²) >= 11 is 0. The molecule has 0 unspecified atom stereocenters. The van der Waals surface area contributed by atoms with E-state index in [1.165, 1.54) is 0 Å². The number of sulfonamides is 1. The lowest BCUT2D eigenvalue weighted by Gasteiger charge is -2.06. The summed E-state index contributed by atoms with van der Waals surface area (Å²) in [5, 5.41) is 9.90. The Bertz CT molecular complexity index is 456. The monoisotopic (exact) mass is 288 g/mol. The molecular weight excluding hydrogens is 264 g/mol. The van der Waals surface area contributed by atoms with Gasteiger partial charge in [-0.05, 0) is 39.3 Å². The molecule has 1 aromatic rings. The second-order valence-corrected chi connectivity index (χ2v) is 6.54. The lowest BCUT2D eigenvalue weighted by atomic mass is 10.3. The van der Waals surface area contributed by atoms with E-state index < -0.39 is 10.0 Å². The van der Waals surface area contributed by atoms with E-state index in [0.717, 1.165) is 37.2 Å². The normalized spacial score (nSPS) is 11.9. The largest absolute Gasteiger partial charge is 0.317 e. The third-order valence-corrected chi connectivity index (χ3v) is 4.27. The number of rotatable bonds is 10. The molecule has 0 spiro atoms. The molecule has 3 N–H and O–H groups in total. The lowest BCUT2D eigenvalue weighted by molar-refractivity contribution is 0.572. The third kappa shape index (κ3) is 6.70. The van der Waals surface area contributed by atoms with Gasteiger partial charge >= 0.3 is 0 Å². The van der Waals surface area contributed by atoms with E-state index in [-0.39, 0.29) is 5.75 Å². The van der Waals surface area contributed by atoms with Crippen molar-refractivity contribution in [2.75, 3.05) is 18.8 Å². The van der Waals surface area contributed by atoms with Crippen molar-refractivity contribution in [2.45, 2.75) is 39.7 Å². The van der Waals surface area contributed by atoms with Crippen LogP contribution in [0.3, 0.4) is 0 Å². The van der Waals surface area contributed by atoms with Crippen LogP contribution in [0.5, 0.6) is 0 Å². The number of H-pyrrole nitrogens is 1.